The van der Waals surface area contributed by atoms with E-state index in [1.807, 2.05) is 16.8 Å². The second-order valence-electron chi connectivity index (χ2n) is 3.45. The normalized spacial score (nSPS) is 10.4. The molecule has 2 rings (SSSR count). The Morgan fingerprint density at radius 2 is 2.19 bits per heavy atom. The Hall–Kier alpha value is -1.91. The standard InChI is InChI=1S/C11H15N5/c1-3-4-9-13-7-8-16(9)10-5-6-14-11(12-2)15-10/h5-8H,3-4H2,1-2H3,(H,12,14,15). The van der Waals surface area contributed by atoms with Crippen LogP contribution in [-0.2, 0) is 6.42 Å². The molecule has 16 heavy (non-hydrogen) atoms. The van der Waals surface area contributed by atoms with Gasteiger partial charge in [-0.1, -0.05) is 6.92 Å². The first-order chi connectivity index (χ1) is 7.85. The third kappa shape index (κ3) is 2.03. The lowest BCUT2D eigenvalue weighted by Crippen LogP contribution is -2.05. The van der Waals surface area contributed by atoms with Crippen LogP contribution in [0.25, 0.3) is 5.82 Å². The molecular formula is C11H15N5. The van der Waals surface area contributed by atoms with Crippen LogP contribution in [0.4, 0.5) is 5.95 Å². The number of nitrogens with zero attached hydrogens (tertiary/aromatic N) is 4. The van der Waals surface area contributed by atoms with Crippen molar-refractivity contribution in [1.29, 1.82) is 0 Å². The Labute approximate surface area is 94.6 Å². The van der Waals surface area contributed by atoms with Crippen LogP contribution in [-0.4, -0.2) is 26.6 Å². The van der Waals surface area contributed by atoms with E-state index in [0.29, 0.717) is 5.95 Å². The third-order valence-corrected chi connectivity index (χ3v) is 2.30. The molecule has 5 heteroatoms. The van der Waals surface area contributed by atoms with E-state index in [0.717, 1.165) is 24.5 Å². The summed E-state index contributed by atoms with van der Waals surface area (Å²) in [5, 5.41) is 2.92. The number of rotatable bonds is 4. The molecular weight excluding hydrogens is 202 g/mol. The molecule has 0 bridgehead atoms. The van der Waals surface area contributed by atoms with Crippen LogP contribution in [0.5, 0.6) is 0 Å². The summed E-state index contributed by atoms with van der Waals surface area (Å²) in [6, 6.07) is 1.88. The highest BCUT2D eigenvalue weighted by atomic mass is 15.2. The van der Waals surface area contributed by atoms with Gasteiger partial charge in [-0.2, -0.15) is 4.98 Å². The Morgan fingerprint density at radius 1 is 1.31 bits per heavy atom. The fraction of sp³-hybridized carbons (Fsp3) is 0.364. The zero-order valence-electron chi connectivity index (χ0n) is 9.51. The van der Waals surface area contributed by atoms with E-state index in [9.17, 15) is 0 Å². The molecule has 0 atom stereocenters. The van der Waals surface area contributed by atoms with Gasteiger partial charge in [-0.05, 0) is 12.5 Å². The molecule has 0 aliphatic carbocycles. The average molecular weight is 217 g/mol. The highest BCUT2D eigenvalue weighted by Gasteiger charge is 2.05. The van der Waals surface area contributed by atoms with Crippen molar-refractivity contribution in [1.82, 2.24) is 19.5 Å². The maximum Gasteiger partial charge on any atom is 0.224 e. The number of aryl methyl sites for hydroxylation is 1. The second kappa shape index (κ2) is 4.74. The monoisotopic (exact) mass is 217 g/mol. The van der Waals surface area contributed by atoms with E-state index in [1.54, 1.807) is 19.4 Å². The molecule has 0 saturated carbocycles. The topological polar surface area (TPSA) is 55.6 Å². The first kappa shape index (κ1) is 10.6. The molecule has 0 aromatic carbocycles. The van der Waals surface area contributed by atoms with Gasteiger partial charge in [0, 0.05) is 32.1 Å². The van der Waals surface area contributed by atoms with Gasteiger partial charge >= 0.3 is 0 Å². The van der Waals surface area contributed by atoms with Gasteiger partial charge < -0.3 is 5.32 Å². The van der Waals surface area contributed by atoms with Crippen LogP contribution in [0.15, 0.2) is 24.7 Å². The summed E-state index contributed by atoms with van der Waals surface area (Å²) in [4.78, 5) is 12.8. The van der Waals surface area contributed by atoms with Crippen LogP contribution in [0.1, 0.15) is 19.2 Å². The lowest BCUT2D eigenvalue weighted by molar-refractivity contribution is 0.796. The lowest BCUT2D eigenvalue weighted by atomic mass is 10.3. The third-order valence-electron chi connectivity index (χ3n) is 2.30. The van der Waals surface area contributed by atoms with E-state index in [1.165, 1.54) is 0 Å². The van der Waals surface area contributed by atoms with E-state index in [-0.39, 0.29) is 0 Å². The highest BCUT2D eigenvalue weighted by Crippen LogP contribution is 2.10. The van der Waals surface area contributed by atoms with Crippen molar-refractivity contribution in [2.45, 2.75) is 19.8 Å². The van der Waals surface area contributed by atoms with E-state index in [4.69, 9.17) is 0 Å². The molecule has 1 N–H and O–H groups in total. The van der Waals surface area contributed by atoms with Crippen molar-refractivity contribution >= 4 is 5.95 Å². The number of hydrogen-bond donors (Lipinski definition) is 1. The van der Waals surface area contributed by atoms with Crippen LogP contribution < -0.4 is 5.32 Å². The maximum absolute atomic E-state index is 4.38. The quantitative estimate of drug-likeness (QED) is 0.846. The van der Waals surface area contributed by atoms with Crippen molar-refractivity contribution in [2.24, 2.45) is 0 Å². The Morgan fingerprint density at radius 3 is 2.94 bits per heavy atom. The first-order valence-electron chi connectivity index (χ1n) is 5.38. The highest BCUT2D eigenvalue weighted by molar-refractivity contribution is 5.32. The number of aromatic nitrogens is 4. The molecule has 0 aliphatic rings. The predicted octanol–water partition coefficient (Wildman–Crippen LogP) is 1.66. The molecule has 0 saturated heterocycles. The van der Waals surface area contributed by atoms with Crippen LogP contribution in [0, 0.1) is 0 Å². The maximum atomic E-state index is 4.38. The number of imidazole rings is 1. The summed E-state index contributed by atoms with van der Waals surface area (Å²) in [6.45, 7) is 2.14. The molecule has 2 aromatic rings. The minimum Gasteiger partial charge on any atom is -0.357 e. The minimum atomic E-state index is 0.619. The number of hydrogen-bond acceptors (Lipinski definition) is 4. The Kier molecular flexibility index (Phi) is 3.14. The molecule has 0 aliphatic heterocycles. The van der Waals surface area contributed by atoms with Gasteiger partial charge in [-0.3, -0.25) is 4.57 Å². The molecule has 5 nitrogen and oxygen atoms in total. The van der Waals surface area contributed by atoms with Crippen molar-refractivity contribution in [3.63, 3.8) is 0 Å². The number of nitrogens with one attached hydrogen (secondary N) is 1. The van der Waals surface area contributed by atoms with E-state index < -0.39 is 0 Å². The van der Waals surface area contributed by atoms with Crippen LogP contribution >= 0.6 is 0 Å². The largest absolute Gasteiger partial charge is 0.357 e. The smallest absolute Gasteiger partial charge is 0.224 e. The van der Waals surface area contributed by atoms with Crippen molar-refractivity contribution in [3.05, 3.63) is 30.5 Å². The van der Waals surface area contributed by atoms with Gasteiger partial charge in [0.2, 0.25) is 5.95 Å². The van der Waals surface area contributed by atoms with Crippen LogP contribution in [0.2, 0.25) is 0 Å². The Balaban J connectivity index is 2.37. The molecule has 2 aromatic heterocycles. The average Bonchev–Trinajstić information content (AvgIpc) is 2.78. The van der Waals surface area contributed by atoms with Crippen molar-refractivity contribution in [2.75, 3.05) is 12.4 Å². The molecule has 0 spiro atoms. The fourth-order valence-corrected chi connectivity index (χ4v) is 1.56. The van der Waals surface area contributed by atoms with E-state index >= 15 is 0 Å². The van der Waals surface area contributed by atoms with Crippen molar-refractivity contribution < 1.29 is 0 Å². The van der Waals surface area contributed by atoms with Gasteiger partial charge in [0.15, 0.2) is 0 Å². The molecule has 0 radical (unpaired) electrons. The second-order valence-corrected chi connectivity index (χ2v) is 3.45. The summed E-state index contributed by atoms with van der Waals surface area (Å²) in [5.41, 5.74) is 0. The SMILES string of the molecule is CCCc1nccn1-c1ccnc(NC)n1. The first-order valence-corrected chi connectivity index (χ1v) is 5.38. The van der Waals surface area contributed by atoms with Gasteiger partial charge in [-0.25, -0.2) is 9.97 Å². The van der Waals surface area contributed by atoms with Gasteiger partial charge in [0.25, 0.3) is 0 Å². The minimum absolute atomic E-state index is 0.619. The molecule has 0 amide bonds. The predicted molar refractivity (Wildman–Crippen MR) is 62.7 cm³/mol. The lowest BCUT2D eigenvalue weighted by Gasteiger charge is -2.06. The Bertz CT molecular complexity index is 463. The summed E-state index contributed by atoms with van der Waals surface area (Å²) < 4.78 is 1.99. The summed E-state index contributed by atoms with van der Waals surface area (Å²) in [6.07, 6.45) is 7.48. The zero-order valence-corrected chi connectivity index (χ0v) is 9.51. The summed E-state index contributed by atoms with van der Waals surface area (Å²) in [5.74, 6) is 2.50. The molecule has 0 unspecified atom stereocenters. The van der Waals surface area contributed by atoms with Gasteiger partial charge in [0.05, 0.1) is 0 Å². The summed E-state index contributed by atoms with van der Waals surface area (Å²) >= 11 is 0. The summed E-state index contributed by atoms with van der Waals surface area (Å²) in [7, 11) is 1.81. The van der Waals surface area contributed by atoms with Gasteiger partial charge in [-0.15, -0.1) is 0 Å². The van der Waals surface area contributed by atoms with Gasteiger partial charge in [0.1, 0.15) is 11.6 Å². The molecule has 0 fully saturated rings. The van der Waals surface area contributed by atoms with Crippen molar-refractivity contribution in [3.8, 4) is 5.82 Å². The van der Waals surface area contributed by atoms with Crippen LogP contribution in [0.3, 0.4) is 0 Å². The molecule has 2 heterocycles. The fourth-order valence-electron chi connectivity index (χ4n) is 1.56. The molecule has 84 valence electrons. The number of anilines is 1. The zero-order chi connectivity index (χ0) is 11.4. The van der Waals surface area contributed by atoms with E-state index in [2.05, 4.69) is 27.2 Å².